The van der Waals surface area contributed by atoms with Crippen molar-refractivity contribution in [1.82, 2.24) is 34.4 Å². The summed E-state index contributed by atoms with van der Waals surface area (Å²) in [5.74, 6) is -1.52. The number of hydrogen-bond donors (Lipinski definition) is 2. The molecule has 6 heterocycles. The van der Waals surface area contributed by atoms with Crippen molar-refractivity contribution >= 4 is 45.5 Å². The largest absolute Gasteiger partial charge is 0.345 e. The van der Waals surface area contributed by atoms with Gasteiger partial charge in [-0.05, 0) is 49.7 Å². The molecule has 1 fully saturated rings. The van der Waals surface area contributed by atoms with Gasteiger partial charge in [-0.15, -0.1) is 0 Å². The van der Waals surface area contributed by atoms with Crippen LogP contribution in [0.25, 0.3) is 27.7 Å². The molecule has 0 radical (unpaired) electrons. The molecular formula is C29H28FN7O3. The minimum atomic E-state index is -0.533. The highest BCUT2D eigenvalue weighted by atomic mass is 19.1. The van der Waals surface area contributed by atoms with E-state index in [0.29, 0.717) is 60.1 Å². The van der Waals surface area contributed by atoms with Gasteiger partial charge in [-0.1, -0.05) is 6.07 Å². The number of halogens is 1. The van der Waals surface area contributed by atoms with Crippen LogP contribution in [-0.2, 0) is 22.7 Å². The number of imide groups is 1. The molecule has 0 spiro atoms. The third-order valence-corrected chi connectivity index (χ3v) is 8.31. The van der Waals surface area contributed by atoms with E-state index in [4.69, 9.17) is 0 Å². The van der Waals surface area contributed by atoms with Crippen LogP contribution in [0, 0.1) is 5.82 Å². The summed E-state index contributed by atoms with van der Waals surface area (Å²) in [6.07, 6.45) is 6.95. The molecular weight excluding hydrogens is 513 g/mol. The third-order valence-electron chi connectivity index (χ3n) is 8.31. The van der Waals surface area contributed by atoms with E-state index in [1.54, 1.807) is 27.9 Å². The monoisotopic (exact) mass is 541 g/mol. The van der Waals surface area contributed by atoms with Gasteiger partial charge in [0.1, 0.15) is 11.5 Å². The van der Waals surface area contributed by atoms with Gasteiger partial charge in [0.15, 0.2) is 0 Å². The standard InChI is InChI=1S/C29H28FN7O3/c1-31-19-5-8-34(9-6-19)29(40)36-11-10-35-16-21(20-13-18(30)12-17(15-36)26(20)35)24-25(28(39)33-27(24)38)22-14-32-23-4-2-3-7-37(22)23/h2-4,7,12-14,16,19,31H,5-6,8-11,15H2,1H3,(H,33,38,39). The lowest BCUT2D eigenvalue weighted by Gasteiger charge is -2.35. The van der Waals surface area contributed by atoms with Crippen LogP contribution < -0.4 is 10.6 Å². The zero-order chi connectivity index (χ0) is 27.5. The molecule has 0 aliphatic carbocycles. The number of rotatable bonds is 3. The number of nitrogens with one attached hydrogen (secondary N) is 2. The summed E-state index contributed by atoms with van der Waals surface area (Å²) in [6, 6.07) is 8.71. The van der Waals surface area contributed by atoms with Crippen LogP contribution in [0.2, 0.25) is 0 Å². The number of fused-ring (bicyclic) bond motifs is 1. The Bertz CT molecular complexity index is 1740. The van der Waals surface area contributed by atoms with Crippen molar-refractivity contribution in [1.29, 1.82) is 0 Å². The predicted octanol–water partition coefficient (Wildman–Crippen LogP) is 2.61. The normalized spacial score (nSPS) is 18.2. The molecule has 11 heteroatoms. The lowest BCUT2D eigenvalue weighted by Crippen LogP contribution is -2.49. The van der Waals surface area contributed by atoms with Crippen LogP contribution >= 0.6 is 0 Å². The molecule has 4 amide bonds. The van der Waals surface area contributed by atoms with Crippen molar-refractivity contribution in [2.24, 2.45) is 0 Å². The second-order valence-electron chi connectivity index (χ2n) is 10.6. The van der Waals surface area contributed by atoms with E-state index in [9.17, 15) is 14.4 Å². The molecule has 0 bridgehead atoms. The summed E-state index contributed by atoms with van der Waals surface area (Å²) in [4.78, 5) is 47.7. The fraction of sp³-hybridized carbons (Fsp3) is 0.310. The Morgan fingerprint density at radius 2 is 1.85 bits per heavy atom. The highest BCUT2D eigenvalue weighted by Crippen LogP contribution is 2.38. The molecule has 204 valence electrons. The minimum Gasteiger partial charge on any atom is -0.345 e. The van der Waals surface area contributed by atoms with Crippen molar-refractivity contribution in [3.05, 3.63) is 71.6 Å². The number of imidazole rings is 1. The molecule has 2 N–H and O–H groups in total. The Kier molecular flexibility index (Phi) is 5.70. The average Bonchev–Trinajstić information content (AvgIpc) is 3.58. The third kappa shape index (κ3) is 3.80. The number of pyridine rings is 1. The van der Waals surface area contributed by atoms with Crippen LogP contribution in [0.15, 0.2) is 48.9 Å². The minimum absolute atomic E-state index is 0.0451. The van der Waals surface area contributed by atoms with Crippen molar-refractivity contribution in [3.8, 4) is 0 Å². The quantitative estimate of drug-likeness (QED) is 0.388. The number of nitrogens with zero attached hydrogens (tertiary/aromatic N) is 5. The Hall–Kier alpha value is -4.51. The Balaban J connectivity index is 1.31. The number of likely N-dealkylation sites (tertiary alicyclic amines) is 1. The molecule has 7 rings (SSSR count). The number of amides is 4. The SMILES string of the molecule is CNC1CCN(C(=O)N2CCn3cc(C4=C(c5cnc6ccccn56)C(=O)NC4=O)c4cc(F)cc(c43)C2)CC1. The van der Waals surface area contributed by atoms with Gasteiger partial charge in [0, 0.05) is 62.1 Å². The molecule has 1 saturated heterocycles. The first-order valence-electron chi connectivity index (χ1n) is 13.5. The summed E-state index contributed by atoms with van der Waals surface area (Å²) < 4.78 is 18.8. The van der Waals surface area contributed by atoms with Crippen LogP contribution in [0.1, 0.15) is 29.7 Å². The molecule has 1 aromatic carbocycles. The smallest absolute Gasteiger partial charge is 0.320 e. The van der Waals surface area contributed by atoms with E-state index >= 15 is 4.39 Å². The average molecular weight is 542 g/mol. The topological polar surface area (TPSA) is 104 Å². The summed E-state index contributed by atoms with van der Waals surface area (Å²) in [5.41, 5.74) is 3.42. The molecule has 3 aliphatic rings. The fourth-order valence-corrected chi connectivity index (χ4v) is 6.30. The Morgan fingerprint density at radius 1 is 1.05 bits per heavy atom. The van der Waals surface area contributed by atoms with Crippen molar-refractivity contribution < 1.29 is 18.8 Å². The maximum atomic E-state index is 15.1. The van der Waals surface area contributed by atoms with Gasteiger partial charge >= 0.3 is 6.03 Å². The lowest BCUT2D eigenvalue weighted by atomic mass is 9.98. The second kappa shape index (κ2) is 9.30. The van der Waals surface area contributed by atoms with Crippen LogP contribution in [0.4, 0.5) is 9.18 Å². The summed E-state index contributed by atoms with van der Waals surface area (Å²) >= 11 is 0. The zero-order valence-electron chi connectivity index (χ0n) is 22.0. The number of urea groups is 1. The van der Waals surface area contributed by atoms with Crippen LogP contribution in [0.3, 0.4) is 0 Å². The van der Waals surface area contributed by atoms with Gasteiger partial charge in [-0.2, -0.15) is 0 Å². The number of carbonyl (C=O) groups excluding carboxylic acids is 3. The van der Waals surface area contributed by atoms with Gasteiger partial charge in [-0.3, -0.25) is 19.3 Å². The summed E-state index contributed by atoms with van der Waals surface area (Å²) in [6.45, 7) is 2.53. The molecule has 0 atom stereocenters. The number of carbonyl (C=O) groups is 3. The molecule has 4 aromatic rings. The van der Waals surface area contributed by atoms with Crippen molar-refractivity contribution in [2.45, 2.75) is 32.0 Å². The van der Waals surface area contributed by atoms with E-state index < -0.39 is 17.6 Å². The predicted molar refractivity (Wildman–Crippen MR) is 147 cm³/mol. The van der Waals surface area contributed by atoms with Crippen LogP contribution in [0.5, 0.6) is 0 Å². The highest BCUT2D eigenvalue weighted by Gasteiger charge is 2.36. The maximum Gasteiger partial charge on any atom is 0.320 e. The van der Waals surface area contributed by atoms with Crippen LogP contribution in [-0.4, -0.2) is 74.3 Å². The van der Waals surface area contributed by atoms with E-state index in [-0.39, 0.29) is 23.7 Å². The number of aromatic nitrogens is 3. The Morgan fingerprint density at radius 3 is 2.65 bits per heavy atom. The van der Waals surface area contributed by atoms with Gasteiger partial charge in [0.05, 0.1) is 28.6 Å². The summed E-state index contributed by atoms with van der Waals surface area (Å²) in [5, 5.41) is 6.24. The highest BCUT2D eigenvalue weighted by molar-refractivity contribution is 6.49. The molecule has 0 unspecified atom stereocenters. The van der Waals surface area contributed by atoms with E-state index in [2.05, 4.69) is 15.6 Å². The van der Waals surface area contributed by atoms with Crippen molar-refractivity contribution in [2.75, 3.05) is 26.7 Å². The zero-order valence-corrected chi connectivity index (χ0v) is 22.0. The molecule has 3 aliphatic heterocycles. The lowest BCUT2D eigenvalue weighted by molar-refractivity contribution is -0.122. The van der Waals surface area contributed by atoms with E-state index in [1.165, 1.54) is 12.1 Å². The van der Waals surface area contributed by atoms with Gasteiger partial charge in [0.25, 0.3) is 11.8 Å². The first-order chi connectivity index (χ1) is 19.4. The first-order valence-corrected chi connectivity index (χ1v) is 13.5. The Labute approximate surface area is 229 Å². The van der Waals surface area contributed by atoms with E-state index in [0.717, 1.165) is 18.4 Å². The van der Waals surface area contributed by atoms with Gasteiger partial charge in [0.2, 0.25) is 0 Å². The molecule has 40 heavy (non-hydrogen) atoms. The molecule has 10 nitrogen and oxygen atoms in total. The van der Waals surface area contributed by atoms with Gasteiger partial charge in [-0.25, -0.2) is 14.2 Å². The molecule has 3 aromatic heterocycles. The summed E-state index contributed by atoms with van der Waals surface area (Å²) in [7, 11) is 1.94. The van der Waals surface area contributed by atoms with Gasteiger partial charge < -0.3 is 19.7 Å². The fourth-order valence-electron chi connectivity index (χ4n) is 6.30. The number of piperidine rings is 1. The maximum absolute atomic E-state index is 15.1. The number of hydrogen-bond acceptors (Lipinski definition) is 5. The second-order valence-corrected chi connectivity index (χ2v) is 10.6. The van der Waals surface area contributed by atoms with Crippen molar-refractivity contribution in [3.63, 3.8) is 0 Å². The number of benzene rings is 1. The molecule has 0 saturated carbocycles. The first kappa shape index (κ1) is 24.5. The van der Waals surface area contributed by atoms with E-state index in [1.807, 2.05) is 34.7 Å².